The van der Waals surface area contributed by atoms with Gasteiger partial charge in [-0.2, -0.15) is 0 Å². The molecule has 1 heterocycles. The van der Waals surface area contributed by atoms with Crippen LogP contribution in [0.5, 0.6) is 5.75 Å². The first-order valence-electron chi connectivity index (χ1n) is 6.84. The van der Waals surface area contributed by atoms with Crippen molar-refractivity contribution >= 4 is 11.8 Å². The van der Waals surface area contributed by atoms with Gasteiger partial charge >= 0.3 is 0 Å². The van der Waals surface area contributed by atoms with E-state index in [1.807, 2.05) is 12.1 Å². The van der Waals surface area contributed by atoms with Crippen molar-refractivity contribution in [2.45, 2.75) is 44.1 Å². The molecule has 0 saturated carbocycles. The number of ether oxygens (including phenoxy) is 1. The summed E-state index contributed by atoms with van der Waals surface area (Å²) in [4.78, 5) is 0. The second kappa shape index (κ2) is 6.79. The maximum absolute atomic E-state index is 5.24. The Kier molecular flexibility index (Phi) is 5.06. The Morgan fingerprint density at radius 2 is 2.10 bits per heavy atom. The lowest BCUT2D eigenvalue weighted by atomic mass is 10.2. The molecule has 0 aliphatic rings. The van der Waals surface area contributed by atoms with Gasteiger partial charge in [0.25, 0.3) is 0 Å². The highest BCUT2D eigenvalue weighted by atomic mass is 32.2. The minimum absolute atomic E-state index is 0.397. The van der Waals surface area contributed by atoms with Crippen LogP contribution < -0.4 is 4.74 Å². The fourth-order valence-corrected chi connectivity index (χ4v) is 2.99. The zero-order chi connectivity index (χ0) is 14.5. The van der Waals surface area contributed by atoms with E-state index < -0.39 is 0 Å². The highest BCUT2D eigenvalue weighted by molar-refractivity contribution is 7.98. The van der Waals surface area contributed by atoms with Crippen molar-refractivity contribution in [1.82, 2.24) is 14.8 Å². The fraction of sp³-hybridized carbons (Fsp3) is 0.467. The zero-order valence-corrected chi connectivity index (χ0v) is 13.3. The first-order valence-corrected chi connectivity index (χ1v) is 7.83. The molecule has 0 amide bonds. The fourth-order valence-electron chi connectivity index (χ4n) is 2.04. The van der Waals surface area contributed by atoms with Crippen LogP contribution in [-0.4, -0.2) is 21.9 Å². The molecule has 0 bridgehead atoms. The second-order valence-corrected chi connectivity index (χ2v) is 5.82. The van der Waals surface area contributed by atoms with E-state index in [-0.39, 0.29) is 0 Å². The van der Waals surface area contributed by atoms with Crippen LogP contribution in [0, 0.1) is 0 Å². The highest BCUT2D eigenvalue weighted by Crippen LogP contribution is 2.25. The predicted molar refractivity (Wildman–Crippen MR) is 82.3 cm³/mol. The van der Waals surface area contributed by atoms with Gasteiger partial charge < -0.3 is 9.30 Å². The summed E-state index contributed by atoms with van der Waals surface area (Å²) >= 11 is 1.72. The smallest absolute Gasteiger partial charge is 0.191 e. The molecule has 0 unspecified atom stereocenters. The number of hydrogen-bond donors (Lipinski definition) is 0. The van der Waals surface area contributed by atoms with Crippen LogP contribution in [0.1, 0.15) is 38.1 Å². The van der Waals surface area contributed by atoms with Gasteiger partial charge in [0.2, 0.25) is 0 Å². The van der Waals surface area contributed by atoms with Crippen molar-refractivity contribution in [3.05, 3.63) is 35.7 Å². The van der Waals surface area contributed by atoms with Crippen LogP contribution >= 0.6 is 11.8 Å². The van der Waals surface area contributed by atoms with E-state index in [9.17, 15) is 0 Å². The molecule has 5 heteroatoms. The number of methoxy groups -OCH3 is 1. The molecule has 0 aliphatic carbocycles. The summed E-state index contributed by atoms with van der Waals surface area (Å²) in [7, 11) is 1.69. The topological polar surface area (TPSA) is 39.9 Å². The molecule has 0 fully saturated rings. The maximum Gasteiger partial charge on any atom is 0.191 e. The molecule has 0 radical (unpaired) electrons. The number of rotatable bonds is 6. The first kappa shape index (κ1) is 14.9. The largest absolute Gasteiger partial charge is 0.497 e. The van der Waals surface area contributed by atoms with E-state index in [4.69, 9.17) is 4.74 Å². The number of hydrogen-bond acceptors (Lipinski definition) is 4. The molecule has 0 spiro atoms. The normalized spacial score (nSPS) is 11.1. The number of aromatic nitrogens is 3. The van der Waals surface area contributed by atoms with Crippen LogP contribution in [-0.2, 0) is 12.3 Å². The average Bonchev–Trinajstić information content (AvgIpc) is 2.88. The Bertz CT molecular complexity index is 566. The quantitative estimate of drug-likeness (QED) is 0.760. The maximum atomic E-state index is 5.24. The highest BCUT2D eigenvalue weighted by Gasteiger charge is 2.13. The third kappa shape index (κ3) is 3.33. The van der Waals surface area contributed by atoms with Crippen molar-refractivity contribution in [3.63, 3.8) is 0 Å². The minimum atomic E-state index is 0.397. The Hall–Kier alpha value is -1.49. The Balaban J connectivity index is 2.10. The molecule has 2 aromatic rings. The van der Waals surface area contributed by atoms with Gasteiger partial charge in [-0.25, -0.2) is 0 Å². The molecule has 1 aromatic heterocycles. The molecular weight excluding hydrogens is 270 g/mol. The van der Waals surface area contributed by atoms with Gasteiger partial charge in [0.1, 0.15) is 11.6 Å². The third-order valence-corrected chi connectivity index (χ3v) is 4.12. The zero-order valence-electron chi connectivity index (χ0n) is 12.5. The molecule has 108 valence electrons. The SMILES string of the molecule is CCn1c(SCc2cccc(OC)c2)nnc1C(C)C. The van der Waals surface area contributed by atoms with E-state index in [1.54, 1.807) is 18.9 Å². The van der Waals surface area contributed by atoms with Gasteiger partial charge in [-0.15, -0.1) is 10.2 Å². The van der Waals surface area contributed by atoms with Gasteiger partial charge in [0.15, 0.2) is 5.16 Å². The van der Waals surface area contributed by atoms with Gasteiger partial charge in [0, 0.05) is 18.2 Å². The van der Waals surface area contributed by atoms with Crippen LogP contribution in [0.15, 0.2) is 29.4 Å². The van der Waals surface area contributed by atoms with Gasteiger partial charge in [-0.05, 0) is 24.6 Å². The monoisotopic (exact) mass is 291 g/mol. The number of thioether (sulfide) groups is 1. The summed E-state index contributed by atoms with van der Waals surface area (Å²) in [5.74, 6) is 3.21. The summed E-state index contributed by atoms with van der Waals surface area (Å²) in [6.45, 7) is 7.32. The van der Waals surface area contributed by atoms with Gasteiger partial charge in [-0.3, -0.25) is 0 Å². The summed E-state index contributed by atoms with van der Waals surface area (Å²) in [5, 5.41) is 9.60. The van der Waals surface area contributed by atoms with Crippen LogP contribution in [0.4, 0.5) is 0 Å². The molecule has 0 saturated heterocycles. The molecule has 4 nitrogen and oxygen atoms in total. The Morgan fingerprint density at radius 3 is 2.75 bits per heavy atom. The van der Waals surface area contributed by atoms with Crippen LogP contribution in [0.3, 0.4) is 0 Å². The molecule has 0 N–H and O–H groups in total. The minimum Gasteiger partial charge on any atom is -0.497 e. The summed E-state index contributed by atoms with van der Waals surface area (Å²) in [6, 6.07) is 8.13. The number of nitrogens with zero attached hydrogens (tertiary/aromatic N) is 3. The van der Waals surface area contributed by atoms with E-state index in [2.05, 4.69) is 47.7 Å². The van der Waals surface area contributed by atoms with Gasteiger partial charge in [0.05, 0.1) is 7.11 Å². The Labute approximate surface area is 124 Å². The number of benzene rings is 1. The predicted octanol–water partition coefficient (Wildman–Crippen LogP) is 3.72. The molecule has 20 heavy (non-hydrogen) atoms. The molecule has 0 aliphatic heterocycles. The van der Waals surface area contributed by atoms with Crippen LogP contribution in [0.25, 0.3) is 0 Å². The van der Waals surface area contributed by atoms with Crippen LogP contribution in [0.2, 0.25) is 0 Å². The lowest BCUT2D eigenvalue weighted by Gasteiger charge is -2.09. The summed E-state index contributed by atoms with van der Waals surface area (Å²) < 4.78 is 7.43. The Morgan fingerprint density at radius 1 is 1.30 bits per heavy atom. The van der Waals surface area contributed by atoms with Gasteiger partial charge in [-0.1, -0.05) is 37.7 Å². The van der Waals surface area contributed by atoms with Crippen molar-refractivity contribution in [3.8, 4) is 5.75 Å². The summed E-state index contributed by atoms with van der Waals surface area (Å²) in [6.07, 6.45) is 0. The summed E-state index contributed by atoms with van der Waals surface area (Å²) in [5.41, 5.74) is 1.23. The lowest BCUT2D eigenvalue weighted by molar-refractivity contribution is 0.414. The molecular formula is C15H21N3OS. The van der Waals surface area contributed by atoms with E-state index >= 15 is 0 Å². The third-order valence-electron chi connectivity index (χ3n) is 3.08. The van der Waals surface area contributed by atoms with E-state index in [0.29, 0.717) is 5.92 Å². The molecule has 2 rings (SSSR count). The second-order valence-electron chi connectivity index (χ2n) is 4.88. The first-order chi connectivity index (χ1) is 9.65. The van der Waals surface area contributed by atoms with Crippen molar-refractivity contribution < 1.29 is 4.74 Å². The molecule has 1 aromatic carbocycles. The van der Waals surface area contributed by atoms with E-state index in [0.717, 1.165) is 29.0 Å². The molecule has 0 atom stereocenters. The van der Waals surface area contributed by atoms with Crippen molar-refractivity contribution in [2.75, 3.05) is 7.11 Å². The van der Waals surface area contributed by atoms with Crippen molar-refractivity contribution in [2.24, 2.45) is 0 Å². The van der Waals surface area contributed by atoms with Crippen molar-refractivity contribution in [1.29, 1.82) is 0 Å². The standard InChI is InChI=1S/C15H21N3OS/c1-5-18-14(11(2)3)16-17-15(18)20-10-12-7-6-8-13(9-12)19-4/h6-9,11H,5,10H2,1-4H3. The average molecular weight is 291 g/mol. The lowest BCUT2D eigenvalue weighted by Crippen LogP contribution is -2.04. The van der Waals surface area contributed by atoms with E-state index in [1.165, 1.54) is 5.56 Å².